The summed E-state index contributed by atoms with van der Waals surface area (Å²) in [6.07, 6.45) is 3.99. The zero-order chi connectivity index (χ0) is 19.4. The van der Waals surface area contributed by atoms with E-state index in [4.69, 9.17) is 11.6 Å². The molecule has 5 nitrogen and oxygen atoms in total. The van der Waals surface area contributed by atoms with Crippen LogP contribution in [-0.2, 0) is 4.79 Å². The number of nitrogens with one attached hydrogen (secondary N) is 2. The summed E-state index contributed by atoms with van der Waals surface area (Å²) in [4.78, 5) is 26.4. The van der Waals surface area contributed by atoms with Crippen molar-refractivity contribution in [3.63, 3.8) is 0 Å². The van der Waals surface area contributed by atoms with Crippen LogP contribution in [0.25, 0.3) is 0 Å². The molecule has 1 aliphatic carbocycles. The first-order valence-electron chi connectivity index (χ1n) is 9.61. The Hall–Kier alpha value is -1.66. The molecule has 27 heavy (non-hydrogen) atoms. The van der Waals surface area contributed by atoms with Gasteiger partial charge in [0.1, 0.15) is 5.82 Å². The average molecular weight is 396 g/mol. The molecule has 0 aromatic heterocycles. The highest BCUT2D eigenvalue weighted by Crippen LogP contribution is 2.44. The predicted octanol–water partition coefficient (Wildman–Crippen LogP) is 2.84. The molecule has 2 amide bonds. The molecule has 1 aliphatic heterocycles. The molecule has 3 rings (SSSR count). The van der Waals surface area contributed by atoms with Crippen molar-refractivity contribution in [2.24, 2.45) is 11.3 Å². The first-order chi connectivity index (χ1) is 12.9. The largest absolute Gasteiger partial charge is 0.354 e. The molecule has 1 saturated heterocycles. The molecule has 0 radical (unpaired) electrons. The molecule has 2 aliphatic rings. The second-order valence-electron chi connectivity index (χ2n) is 7.97. The summed E-state index contributed by atoms with van der Waals surface area (Å²) in [5, 5.41) is 6.13. The number of hydrogen-bond acceptors (Lipinski definition) is 3. The number of piperidine rings is 1. The highest BCUT2D eigenvalue weighted by atomic mass is 35.5. The average Bonchev–Trinajstić information content (AvgIpc) is 3.39. The van der Waals surface area contributed by atoms with Crippen LogP contribution in [0.2, 0.25) is 5.02 Å². The lowest BCUT2D eigenvalue weighted by atomic mass is 9.96. The molecule has 148 valence electrons. The van der Waals surface area contributed by atoms with E-state index in [-0.39, 0.29) is 27.8 Å². The maximum absolute atomic E-state index is 13.4. The highest BCUT2D eigenvalue weighted by molar-refractivity contribution is 6.31. The summed E-state index contributed by atoms with van der Waals surface area (Å²) >= 11 is 5.80. The quantitative estimate of drug-likeness (QED) is 0.746. The number of benzene rings is 1. The van der Waals surface area contributed by atoms with Gasteiger partial charge in [0.15, 0.2) is 0 Å². The first-order valence-corrected chi connectivity index (χ1v) is 9.98. The number of carbonyl (C=O) groups is 2. The normalized spacial score (nSPS) is 19.5. The Bertz CT molecular complexity index is 680. The van der Waals surface area contributed by atoms with Crippen LogP contribution in [0.3, 0.4) is 0 Å². The van der Waals surface area contributed by atoms with Gasteiger partial charge in [-0.3, -0.25) is 9.59 Å². The van der Waals surface area contributed by atoms with E-state index in [1.54, 1.807) is 0 Å². The topological polar surface area (TPSA) is 61.4 Å². The Morgan fingerprint density at radius 2 is 1.93 bits per heavy atom. The van der Waals surface area contributed by atoms with Crippen molar-refractivity contribution in [3.8, 4) is 0 Å². The molecular weight excluding hydrogens is 369 g/mol. The van der Waals surface area contributed by atoms with Crippen LogP contribution in [0, 0.1) is 17.2 Å². The van der Waals surface area contributed by atoms with Crippen molar-refractivity contribution in [1.29, 1.82) is 0 Å². The van der Waals surface area contributed by atoms with Crippen LogP contribution >= 0.6 is 11.6 Å². The van der Waals surface area contributed by atoms with Crippen molar-refractivity contribution in [1.82, 2.24) is 15.5 Å². The molecule has 1 aromatic carbocycles. The van der Waals surface area contributed by atoms with E-state index >= 15 is 0 Å². The molecule has 2 fully saturated rings. The van der Waals surface area contributed by atoms with Crippen LogP contribution < -0.4 is 10.6 Å². The smallest absolute Gasteiger partial charge is 0.251 e. The SMILES string of the molecule is CC1(C(=O)NCCN2CCC(CNC(=O)c3cc(F)cc(Cl)c3)CC2)CC1. The number of rotatable bonds is 7. The number of halogens is 2. The van der Waals surface area contributed by atoms with Gasteiger partial charge >= 0.3 is 0 Å². The summed E-state index contributed by atoms with van der Waals surface area (Å²) in [6.45, 7) is 6.06. The molecule has 0 atom stereocenters. The van der Waals surface area contributed by atoms with Crippen molar-refractivity contribution < 1.29 is 14.0 Å². The fraction of sp³-hybridized carbons (Fsp3) is 0.600. The van der Waals surface area contributed by atoms with E-state index in [0.29, 0.717) is 19.0 Å². The summed E-state index contributed by atoms with van der Waals surface area (Å²) in [7, 11) is 0. The maximum atomic E-state index is 13.4. The minimum Gasteiger partial charge on any atom is -0.354 e. The second kappa shape index (κ2) is 8.57. The van der Waals surface area contributed by atoms with Gasteiger partial charge in [-0.25, -0.2) is 4.39 Å². The van der Waals surface area contributed by atoms with Crippen molar-refractivity contribution in [2.45, 2.75) is 32.6 Å². The zero-order valence-corrected chi connectivity index (χ0v) is 16.4. The Labute approximate surface area is 164 Å². The third-order valence-corrected chi connectivity index (χ3v) is 5.86. The summed E-state index contributed by atoms with van der Waals surface area (Å²) in [5.41, 5.74) is 0.134. The van der Waals surface area contributed by atoms with Crippen LogP contribution in [0.5, 0.6) is 0 Å². The first kappa shape index (κ1) is 20.1. The molecule has 1 saturated carbocycles. The lowest BCUT2D eigenvalue weighted by molar-refractivity contribution is -0.125. The lowest BCUT2D eigenvalue weighted by Gasteiger charge is -2.32. The zero-order valence-electron chi connectivity index (χ0n) is 15.7. The summed E-state index contributed by atoms with van der Waals surface area (Å²) < 4.78 is 13.4. The Morgan fingerprint density at radius 1 is 1.22 bits per heavy atom. The predicted molar refractivity (Wildman–Crippen MR) is 103 cm³/mol. The fourth-order valence-electron chi connectivity index (χ4n) is 3.39. The van der Waals surface area contributed by atoms with Gasteiger partial charge in [0.25, 0.3) is 5.91 Å². The second-order valence-corrected chi connectivity index (χ2v) is 8.41. The van der Waals surface area contributed by atoms with Crippen molar-refractivity contribution in [3.05, 3.63) is 34.6 Å². The number of likely N-dealkylation sites (tertiary alicyclic amines) is 1. The number of nitrogens with zero attached hydrogens (tertiary/aromatic N) is 1. The van der Waals surface area contributed by atoms with Gasteiger partial charge in [0, 0.05) is 35.6 Å². The Balaban J connectivity index is 1.33. The van der Waals surface area contributed by atoms with E-state index in [2.05, 4.69) is 15.5 Å². The monoisotopic (exact) mass is 395 g/mol. The highest BCUT2D eigenvalue weighted by Gasteiger charge is 2.44. The lowest BCUT2D eigenvalue weighted by Crippen LogP contribution is -2.42. The third-order valence-electron chi connectivity index (χ3n) is 5.64. The molecule has 1 aromatic rings. The van der Waals surface area contributed by atoms with Gasteiger partial charge in [0.2, 0.25) is 5.91 Å². The Kier molecular flexibility index (Phi) is 6.37. The minimum absolute atomic E-state index is 0.114. The maximum Gasteiger partial charge on any atom is 0.251 e. The van der Waals surface area contributed by atoms with Gasteiger partial charge in [-0.05, 0) is 62.9 Å². The number of carbonyl (C=O) groups excluding carboxylic acids is 2. The minimum atomic E-state index is -0.510. The number of amides is 2. The molecule has 2 N–H and O–H groups in total. The number of hydrogen-bond donors (Lipinski definition) is 2. The van der Waals surface area contributed by atoms with E-state index in [9.17, 15) is 14.0 Å². The van der Waals surface area contributed by atoms with Gasteiger partial charge < -0.3 is 15.5 Å². The van der Waals surface area contributed by atoms with Gasteiger partial charge in [-0.1, -0.05) is 18.5 Å². The molecule has 0 unspecified atom stereocenters. The van der Waals surface area contributed by atoms with E-state index in [0.717, 1.165) is 45.3 Å². The summed E-state index contributed by atoms with van der Waals surface area (Å²) in [5.74, 6) is -0.217. The van der Waals surface area contributed by atoms with Crippen molar-refractivity contribution >= 4 is 23.4 Å². The van der Waals surface area contributed by atoms with E-state index < -0.39 is 5.82 Å². The van der Waals surface area contributed by atoms with Gasteiger partial charge in [-0.2, -0.15) is 0 Å². The summed E-state index contributed by atoms with van der Waals surface area (Å²) in [6, 6.07) is 3.85. The molecule has 0 bridgehead atoms. The van der Waals surface area contributed by atoms with Gasteiger partial charge in [-0.15, -0.1) is 0 Å². The van der Waals surface area contributed by atoms with Gasteiger partial charge in [0.05, 0.1) is 0 Å². The van der Waals surface area contributed by atoms with E-state index in [1.807, 2.05) is 6.92 Å². The standard InChI is InChI=1S/C20H27ClFN3O2/c1-20(4-5-20)19(27)23-6-9-25-7-2-14(3-8-25)13-24-18(26)15-10-16(21)12-17(22)11-15/h10-12,14H,2-9,13H2,1H3,(H,23,27)(H,24,26). The van der Waals surface area contributed by atoms with Crippen molar-refractivity contribution in [2.75, 3.05) is 32.7 Å². The Morgan fingerprint density at radius 3 is 2.56 bits per heavy atom. The van der Waals surface area contributed by atoms with E-state index in [1.165, 1.54) is 18.2 Å². The van der Waals surface area contributed by atoms with Crippen LogP contribution in [-0.4, -0.2) is 49.4 Å². The molecule has 1 heterocycles. The molecule has 0 spiro atoms. The third kappa shape index (κ3) is 5.66. The van der Waals surface area contributed by atoms with Crippen LogP contribution in [0.1, 0.15) is 43.0 Å². The van der Waals surface area contributed by atoms with Crippen LogP contribution in [0.15, 0.2) is 18.2 Å². The molecular formula is C20H27ClFN3O2. The molecule has 7 heteroatoms. The van der Waals surface area contributed by atoms with Crippen LogP contribution in [0.4, 0.5) is 4.39 Å². The fourth-order valence-corrected chi connectivity index (χ4v) is 3.62.